The number of ether oxygens (including phenoxy) is 3. The van der Waals surface area contributed by atoms with E-state index in [1.807, 2.05) is 20.8 Å². The van der Waals surface area contributed by atoms with Crippen LogP contribution in [0.25, 0.3) is 0 Å². The maximum absolute atomic E-state index is 15.8. The van der Waals surface area contributed by atoms with E-state index < -0.39 is 64.5 Å². The number of nitrogens with zero attached hydrogens (tertiary/aromatic N) is 1. The second kappa shape index (κ2) is 14.3. The van der Waals surface area contributed by atoms with Gasteiger partial charge in [-0.15, -0.1) is 10.1 Å². The van der Waals surface area contributed by atoms with E-state index in [1.165, 1.54) is 12.2 Å². The van der Waals surface area contributed by atoms with Gasteiger partial charge in [0.1, 0.15) is 6.17 Å². The monoisotopic (exact) mass is 678 g/mol. The number of carbonyl (C=O) groups is 4. The Morgan fingerprint density at radius 2 is 1.96 bits per heavy atom. The van der Waals surface area contributed by atoms with Crippen molar-refractivity contribution in [3.8, 4) is 0 Å². The average molecular weight is 679 g/mol. The molecule has 266 valence electrons. The van der Waals surface area contributed by atoms with Gasteiger partial charge in [0.15, 0.2) is 24.3 Å². The lowest BCUT2D eigenvalue weighted by molar-refractivity contribution is -0.757. The molecular weight excluding hydrogens is 631 g/mol. The molecule has 0 aromatic rings. The Morgan fingerprint density at radius 1 is 1.19 bits per heavy atom. The number of hydrogen-bond acceptors (Lipinski definition) is 11. The van der Waals surface area contributed by atoms with Gasteiger partial charge in [-0.05, 0) is 68.1 Å². The molecule has 0 bridgehead atoms. The second-order valence-corrected chi connectivity index (χ2v) is 14.3. The number of halogens is 1. The van der Waals surface area contributed by atoms with Crippen molar-refractivity contribution in [3.05, 3.63) is 33.9 Å². The summed E-state index contributed by atoms with van der Waals surface area (Å²) in [6, 6.07) is 0. The number of Topliss-reactive ketones (excluding diaryl/α,β-unsaturated/α-hetero) is 1. The van der Waals surface area contributed by atoms with Crippen molar-refractivity contribution in [2.45, 2.75) is 115 Å². The van der Waals surface area contributed by atoms with Gasteiger partial charge < -0.3 is 29.5 Å². The number of fused-ring (bicyclic) bond motifs is 7. The average Bonchev–Trinajstić information content (AvgIpc) is 3.50. The molecule has 1 unspecified atom stereocenters. The first-order valence-electron chi connectivity index (χ1n) is 17.1. The molecule has 1 aliphatic heterocycles. The first-order chi connectivity index (χ1) is 22.8. The number of esters is 1. The maximum Gasteiger partial charge on any atom is 0.308 e. The molecule has 13 nitrogen and oxygen atoms in total. The number of hydrogen-bond donors (Lipinski definition) is 2. The molecule has 5 aliphatic rings. The number of alkyl halides is 1. The van der Waals surface area contributed by atoms with Gasteiger partial charge in [-0.2, -0.15) is 0 Å². The van der Waals surface area contributed by atoms with Gasteiger partial charge in [-0.3, -0.25) is 19.2 Å². The van der Waals surface area contributed by atoms with Crippen LogP contribution in [0.4, 0.5) is 4.39 Å². The number of ketones is 2. The Labute approximate surface area is 279 Å². The lowest BCUT2D eigenvalue weighted by Crippen LogP contribution is -2.64. The summed E-state index contributed by atoms with van der Waals surface area (Å²) in [6.07, 6.45) is 4.46. The molecule has 4 fully saturated rings. The van der Waals surface area contributed by atoms with Crippen LogP contribution in [0.3, 0.4) is 0 Å². The van der Waals surface area contributed by atoms with E-state index in [2.05, 4.69) is 10.2 Å². The van der Waals surface area contributed by atoms with Crippen molar-refractivity contribution in [2.75, 3.05) is 19.8 Å². The van der Waals surface area contributed by atoms with Crippen molar-refractivity contribution < 1.29 is 52.8 Å². The molecule has 0 spiro atoms. The second-order valence-electron chi connectivity index (χ2n) is 14.3. The van der Waals surface area contributed by atoms with Crippen LogP contribution in [-0.4, -0.2) is 83.7 Å². The SMILES string of the molecule is CCCC1O[C@@H]2C[C@H]3[C@@H]4C[C@H](F)C5=CC(=O)C=C[C@]5(C)[C@H]4[C@@H](O)C[C@]3(C)[C@@]2(C(=O)COC(=O)CCNC(=O)CCCCCO[N+](=O)[O-])O1. The highest BCUT2D eigenvalue weighted by Gasteiger charge is 2.76. The van der Waals surface area contributed by atoms with Crippen molar-refractivity contribution in [3.63, 3.8) is 0 Å². The molecule has 1 heterocycles. The van der Waals surface area contributed by atoms with Crippen molar-refractivity contribution in [1.82, 2.24) is 5.32 Å². The van der Waals surface area contributed by atoms with E-state index in [9.17, 15) is 34.4 Å². The molecule has 48 heavy (non-hydrogen) atoms. The van der Waals surface area contributed by atoms with Gasteiger partial charge in [0, 0.05) is 29.7 Å². The fourth-order valence-electron chi connectivity index (χ4n) is 9.44. The molecule has 2 N–H and O–H groups in total. The number of carbonyl (C=O) groups excluding carboxylic acids is 4. The summed E-state index contributed by atoms with van der Waals surface area (Å²) in [5.41, 5.74) is -2.91. The number of nitrogens with one attached hydrogen (secondary N) is 1. The van der Waals surface area contributed by atoms with Crippen LogP contribution in [0.5, 0.6) is 0 Å². The first-order valence-corrected chi connectivity index (χ1v) is 17.1. The summed E-state index contributed by atoms with van der Waals surface area (Å²) in [5.74, 6) is -2.63. The number of aliphatic hydroxyl groups excluding tert-OH is 1. The Balaban J connectivity index is 1.23. The topological polar surface area (TPSA) is 181 Å². The highest BCUT2D eigenvalue weighted by Crippen LogP contribution is 2.70. The standard InChI is InChI=1S/C34H47FN2O11/c1-4-8-30-47-27-17-22-21-16-24(35)23-15-20(38)10-12-32(23,2)31(21)25(39)18-33(22,3)34(27,48-30)26(40)19-45-29(42)11-13-36-28(41)9-6-5-7-14-46-37(43)44/h10,12,15,21-22,24-25,27,30-31,39H,4-9,11,13-14,16-19H2,1-3H3,(H,36,41)/t21-,22-,24-,25-,27+,30?,31+,32-,33-,34-/m0/s1. The summed E-state index contributed by atoms with van der Waals surface area (Å²) >= 11 is 0. The zero-order chi connectivity index (χ0) is 34.9. The Bertz CT molecular complexity index is 1350. The van der Waals surface area contributed by atoms with Crippen LogP contribution in [-0.2, 0) is 38.2 Å². The van der Waals surface area contributed by atoms with Crippen LogP contribution < -0.4 is 5.32 Å². The van der Waals surface area contributed by atoms with E-state index in [-0.39, 0.29) is 68.3 Å². The highest BCUT2D eigenvalue weighted by atomic mass is 19.1. The van der Waals surface area contributed by atoms with E-state index in [0.29, 0.717) is 37.7 Å². The molecule has 4 aliphatic carbocycles. The van der Waals surface area contributed by atoms with E-state index in [0.717, 1.165) is 6.42 Å². The number of rotatable bonds is 15. The minimum absolute atomic E-state index is 0.0109. The molecule has 5 rings (SSSR count). The van der Waals surface area contributed by atoms with Crippen molar-refractivity contribution in [1.29, 1.82) is 0 Å². The zero-order valence-corrected chi connectivity index (χ0v) is 27.8. The molecule has 14 heteroatoms. The third-order valence-corrected chi connectivity index (χ3v) is 11.5. The number of unbranched alkanes of at least 4 members (excludes halogenated alkanes) is 2. The van der Waals surface area contributed by atoms with E-state index in [1.54, 1.807) is 6.08 Å². The minimum Gasteiger partial charge on any atom is -0.457 e. The molecule has 0 aromatic heterocycles. The van der Waals surface area contributed by atoms with Gasteiger partial charge in [-0.25, -0.2) is 4.39 Å². The molecule has 0 aromatic carbocycles. The van der Waals surface area contributed by atoms with Crippen LogP contribution in [0.1, 0.15) is 85.0 Å². The summed E-state index contributed by atoms with van der Waals surface area (Å²) in [4.78, 5) is 65.5. The maximum atomic E-state index is 15.8. The summed E-state index contributed by atoms with van der Waals surface area (Å²) < 4.78 is 34.1. The predicted molar refractivity (Wildman–Crippen MR) is 166 cm³/mol. The molecule has 1 saturated heterocycles. The smallest absolute Gasteiger partial charge is 0.308 e. The number of allylic oxidation sites excluding steroid dienone is 4. The zero-order valence-electron chi connectivity index (χ0n) is 27.8. The molecule has 3 saturated carbocycles. The lowest BCUT2D eigenvalue weighted by Gasteiger charge is -2.60. The minimum atomic E-state index is -1.51. The van der Waals surface area contributed by atoms with Gasteiger partial charge in [0.05, 0.1) is 25.2 Å². The summed E-state index contributed by atoms with van der Waals surface area (Å²) in [7, 11) is 0. The summed E-state index contributed by atoms with van der Waals surface area (Å²) in [6.45, 7) is 5.15. The van der Waals surface area contributed by atoms with E-state index in [4.69, 9.17) is 14.2 Å². The molecule has 10 atom stereocenters. The molecule has 0 radical (unpaired) electrons. The van der Waals surface area contributed by atoms with Crippen LogP contribution in [0.2, 0.25) is 0 Å². The lowest BCUT2D eigenvalue weighted by atomic mass is 9.46. The Hall–Kier alpha value is -3.23. The van der Waals surface area contributed by atoms with Crippen LogP contribution >= 0.6 is 0 Å². The predicted octanol–water partition coefficient (Wildman–Crippen LogP) is 3.49. The third-order valence-electron chi connectivity index (χ3n) is 11.5. The van der Waals surface area contributed by atoms with Crippen LogP contribution in [0.15, 0.2) is 23.8 Å². The number of amides is 1. The fraction of sp³-hybridized carbons (Fsp3) is 0.765. The van der Waals surface area contributed by atoms with Crippen molar-refractivity contribution in [2.24, 2.45) is 28.6 Å². The Kier molecular flexibility index (Phi) is 10.8. The normalized spacial score (nSPS) is 37.8. The largest absolute Gasteiger partial charge is 0.457 e. The third kappa shape index (κ3) is 6.55. The Morgan fingerprint density at radius 3 is 2.69 bits per heavy atom. The summed E-state index contributed by atoms with van der Waals surface area (Å²) in [5, 5.41) is 23.7. The van der Waals surface area contributed by atoms with Gasteiger partial charge in [0.2, 0.25) is 11.7 Å². The fourth-order valence-corrected chi connectivity index (χ4v) is 9.44. The van der Waals surface area contributed by atoms with Gasteiger partial charge in [0.25, 0.3) is 5.09 Å². The van der Waals surface area contributed by atoms with Crippen molar-refractivity contribution >= 4 is 23.4 Å². The highest BCUT2D eigenvalue weighted by molar-refractivity contribution is 6.01. The van der Waals surface area contributed by atoms with Gasteiger partial charge >= 0.3 is 5.97 Å². The molecular formula is C34H47FN2O11. The number of aliphatic hydroxyl groups is 1. The van der Waals surface area contributed by atoms with Gasteiger partial charge in [-0.1, -0.05) is 39.7 Å². The quantitative estimate of drug-likeness (QED) is 0.112. The molecule has 1 amide bonds. The van der Waals surface area contributed by atoms with Crippen LogP contribution in [0, 0.1) is 38.7 Å². The first kappa shape index (κ1) is 36.1. The van der Waals surface area contributed by atoms with E-state index >= 15 is 4.39 Å².